The molecule has 6 heteroatoms. The van der Waals surface area contributed by atoms with Crippen molar-refractivity contribution in [2.75, 3.05) is 13.1 Å². The summed E-state index contributed by atoms with van der Waals surface area (Å²) in [6, 6.07) is 5.86. The standard InChI is InChI=1S/C16H14N2O4/c1-2-9-17-10-5-8-13(17)16(21)22-18-14(19)11-6-3-4-7-12(11)15(18)20/h1,3-4,6-7,13H,5,8-10H2/t13-/m0/s1. The monoisotopic (exact) mass is 298 g/mol. The molecule has 1 atom stereocenters. The number of likely N-dealkylation sites (tertiary alicyclic amines) is 1. The molecule has 0 unspecified atom stereocenters. The highest BCUT2D eigenvalue weighted by molar-refractivity contribution is 6.20. The molecule has 112 valence electrons. The maximum atomic E-state index is 12.3. The van der Waals surface area contributed by atoms with Crippen molar-refractivity contribution in [1.82, 2.24) is 9.96 Å². The summed E-state index contributed by atoms with van der Waals surface area (Å²) in [6.07, 6.45) is 6.70. The number of fused-ring (bicyclic) bond motifs is 1. The number of nitrogens with zero attached hydrogens (tertiary/aromatic N) is 2. The van der Waals surface area contributed by atoms with Crippen molar-refractivity contribution in [2.45, 2.75) is 18.9 Å². The average Bonchev–Trinajstić information content (AvgIpc) is 3.07. The number of hydrogen-bond acceptors (Lipinski definition) is 5. The Hall–Kier alpha value is -2.65. The molecular formula is C16H14N2O4. The SMILES string of the molecule is C#CCN1CCC[C@H]1C(=O)ON1C(=O)c2ccccc2C1=O. The van der Waals surface area contributed by atoms with Crippen LogP contribution in [0.4, 0.5) is 0 Å². The van der Waals surface area contributed by atoms with E-state index in [1.54, 1.807) is 17.0 Å². The smallest absolute Gasteiger partial charge is 0.328 e. The van der Waals surface area contributed by atoms with Crippen molar-refractivity contribution in [1.29, 1.82) is 0 Å². The van der Waals surface area contributed by atoms with Crippen LogP contribution in [0.2, 0.25) is 0 Å². The van der Waals surface area contributed by atoms with Crippen LogP contribution in [0.3, 0.4) is 0 Å². The molecule has 2 heterocycles. The van der Waals surface area contributed by atoms with Crippen LogP contribution in [0, 0.1) is 12.3 Å². The maximum absolute atomic E-state index is 12.3. The van der Waals surface area contributed by atoms with Crippen molar-refractivity contribution in [3.05, 3.63) is 35.4 Å². The van der Waals surface area contributed by atoms with E-state index in [1.807, 2.05) is 0 Å². The number of hydroxylamine groups is 2. The molecule has 2 aliphatic heterocycles. The Balaban J connectivity index is 1.75. The Bertz CT molecular complexity index is 657. The van der Waals surface area contributed by atoms with Crippen LogP contribution in [0.15, 0.2) is 24.3 Å². The van der Waals surface area contributed by atoms with E-state index in [4.69, 9.17) is 11.3 Å². The number of rotatable bonds is 3. The summed E-state index contributed by atoms with van der Waals surface area (Å²) in [6.45, 7) is 1.04. The van der Waals surface area contributed by atoms with Crippen LogP contribution in [-0.4, -0.2) is 46.9 Å². The Morgan fingerprint density at radius 2 is 1.91 bits per heavy atom. The van der Waals surface area contributed by atoms with Gasteiger partial charge in [0.25, 0.3) is 11.8 Å². The molecule has 0 saturated carbocycles. The van der Waals surface area contributed by atoms with Gasteiger partial charge in [-0.15, -0.1) is 6.42 Å². The molecule has 1 saturated heterocycles. The second kappa shape index (κ2) is 5.62. The molecule has 2 aliphatic rings. The molecule has 3 rings (SSSR count). The van der Waals surface area contributed by atoms with Gasteiger partial charge in [-0.2, -0.15) is 0 Å². The van der Waals surface area contributed by atoms with Crippen LogP contribution in [0.25, 0.3) is 0 Å². The first kappa shape index (κ1) is 14.3. The number of imide groups is 1. The lowest BCUT2D eigenvalue weighted by atomic mass is 10.1. The average molecular weight is 298 g/mol. The van der Waals surface area contributed by atoms with E-state index in [2.05, 4.69) is 5.92 Å². The van der Waals surface area contributed by atoms with Crippen LogP contribution in [-0.2, 0) is 9.63 Å². The normalized spacial score (nSPS) is 20.9. The van der Waals surface area contributed by atoms with Crippen molar-refractivity contribution >= 4 is 17.8 Å². The molecule has 0 aliphatic carbocycles. The molecule has 0 N–H and O–H groups in total. The zero-order valence-electron chi connectivity index (χ0n) is 11.8. The van der Waals surface area contributed by atoms with E-state index in [1.165, 1.54) is 12.1 Å². The van der Waals surface area contributed by atoms with Gasteiger partial charge in [-0.3, -0.25) is 14.5 Å². The highest BCUT2D eigenvalue weighted by atomic mass is 16.7. The minimum absolute atomic E-state index is 0.243. The third-order valence-corrected chi connectivity index (χ3v) is 3.87. The highest BCUT2D eigenvalue weighted by Crippen LogP contribution is 2.24. The minimum Gasteiger partial charge on any atom is -0.328 e. The van der Waals surface area contributed by atoms with Gasteiger partial charge in [-0.25, -0.2) is 4.79 Å². The van der Waals surface area contributed by atoms with Crippen LogP contribution in [0.1, 0.15) is 33.6 Å². The lowest BCUT2D eigenvalue weighted by Gasteiger charge is -2.22. The zero-order valence-corrected chi connectivity index (χ0v) is 11.8. The summed E-state index contributed by atoms with van der Waals surface area (Å²) in [5, 5.41) is 0.541. The zero-order chi connectivity index (χ0) is 15.7. The van der Waals surface area contributed by atoms with E-state index in [0.717, 1.165) is 6.42 Å². The predicted molar refractivity (Wildman–Crippen MR) is 76.5 cm³/mol. The number of amides is 2. The summed E-state index contributed by atoms with van der Waals surface area (Å²) in [4.78, 5) is 43.4. The van der Waals surface area contributed by atoms with Crippen molar-refractivity contribution in [3.63, 3.8) is 0 Å². The van der Waals surface area contributed by atoms with Gasteiger partial charge in [0, 0.05) is 6.54 Å². The van der Waals surface area contributed by atoms with Crippen LogP contribution >= 0.6 is 0 Å². The van der Waals surface area contributed by atoms with Crippen LogP contribution < -0.4 is 0 Å². The highest BCUT2D eigenvalue weighted by Gasteiger charge is 2.41. The van der Waals surface area contributed by atoms with Gasteiger partial charge in [0.1, 0.15) is 6.04 Å². The van der Waals surface area contributed by atoms with Gasteiger partial charge in [0.05, 0.1) is 17.7 Å². The maximum Gasteiger partial charge on any atom is 0.350 e. The second-order valence-corrected chi connectivity index (χ2v) is 5.19. The Morgan fingerprint density at radius 3 is 2.50 bits per heavy atom. The van der Waals surface area contributed by atoms with E-state index >= 15 is 0 Å². The first-order valence-electron chi connectivity index (χ1n) is 7.00. The number of carbonyl (C=O) groups excluding carboxylic acids is 3. The molecule has 1 aromatic carbocycles. The minimum atomic E-state index is -0.623. The quantitative estimate of drug-likeness (QED) is 0.611. The molecular weight excluding hydrogens is 284 g/mol. The molecule has 2 amide bonds. The van der Waals surface area contributed by atoms with E-state index in [-0.39, 0.29) is 11.1 Å². The van der Waals surface area contributed by atoms with Gasteiger partial charge in [-0.1, -0.05) is 23.1 Å². The van der Waals surface area contributed by atoms with E-state index < -0.39 is 23.8 Å². The third-order valence-electron chi connectivity index (χ3n) is 3.87. The molecule has 22 heavy (non-hydrogen) atoms. The van der Waals surface area contributed by atoms with E-state index in [9.17, 15) is 14.4 Å². The number of terminal acetylenes is 1. The van der Waals surface area contributed by atoms with E-state index in [0.29, 0.717) is 24.6 Å². The summed E-state index contributed by atoms with van der Waals surface area (Å²) >= 11 is 0. The van der Waals surface area contributed by atoms with Gasteiger partial charge < -0.3 is 4.84 Å². The molecule has 1 fully saturated rings. The molecule has 0 spiro atoms. The topological polar surface area (TPSA) is 66.9 Å². The first-order chi connectivity index (χ1) is 10.6. The lowest BCUT2D eigenvalue weighted by molar-refractivity contribution is -0.173. The largest absolute Gasteiger partial charge is 0.350 e. The summed E-state index contributed by atoms with van der Waals surface area (Å²) < 4.78 is 0. The number of carbonyl (C=O) groups is 3. The second-order valence-electron chi connectivity index (χ2n) is 5.19. The molecule has 1 aromatic rings. The van der Waals surface area contributed by atoms with Gasteiger partial charge in [-0.05, 0) is 25.0 Å². The Labute approximate surface area is 127 Å². The van der Waals surface area contributed by atoms with Gasteiger partial charge in [0.2, 0.25) is 0 Å². The summed E-state index contributed by atoms with van der Waals surface area (Å²) in [7, 11) is 0. The third kappa shape index (κ3) is 2.26. The fourth-order valence-corrected chi connectivity index (χ4v) is 2.80. The predicted octanol–water partition coefficient (Wildman–Crippen LogP) is 0.838. The molecule has 0 aromatic heterocycles. The summed E-state index contributed by atoms with van der Waals surface area (Å²) in [5.41, 5.74) is 0.486. The Kier molecular flexibility index (Phi) is 3.65. The fraction of sp³-hybridized carbons (Fsp3) is 0.312. The number of benzene rings is 1. The summed E-state index contributed by atoms with van der Waals surface area (Å²) in [5.74, 6) is 0.637. The number of hydrogen-bond donors (Lipinski definition) is 0. The van der Waals surface area contributed by atoms with Gasteiger partial charge in [0.15, 0.2) is 0 Å². The van der Waals surface area contributed by atoms with Crippen molar-refractivity contribution < 1.29 is 19.2 Å². The van der Waals surface area contributed by atoms with Gasteiger partial charge >= 0.3 is 5.97 Å². The lowest BCUT2D eigenvalue weighted by Crippen LogP contribution is -2.42. The first-order valence-corrected chi connectivity index (χ1v) is 7.00. The van der Waals surface area contributed by atoms with Crippen LogP contribution in [0.5, 0.6) is 0 Å². The fourth-order valence-electron chi connectivity index (χ4n) is 2.80. The van der Waals surface area contributed by atoms with Crippen molar-refractivity contribution in [3.8, 4) is 12.3 Å². The Morgan fingerprint density at radius 1 is 1.27 bits per heavy atom. The molecule has 0 bridgehead atoms. The van der Waals surface area contributed by atoms with Crippen molar-refractivity contribution in [2.24, 2.45) is 0 Å². The molecule has 6 nitrogen and oxygen atoms in total. The molecule has 0 radical (unpaired) electrons.